The number of likely N-dealkylation sites (N-methyl/N-ethyl adjacent to an activating group) is 1. The molecule has 1 heterocycles. The van der Waals surface area contributed by atoms with E-state index in [0.29, 0.717) is 11.6 Å². The monoisotopic (exact) mass is 279 g/mol. The van der Waals surface area contributed by atoms with Gasteiger partial charge in [-0.1, -0.05) is 13.8 Å². The van der Waals surface area contributed by atoms with Crippen molar-refractivity contribution in [2.24, 2.45) is 5.92 Å². The number of nitrogens with zero attached hydrogens (tertiary/aromatic N) is 2. The van der Waals surface area contributed by atoms with E-state index in [-0.39, 0.29) is 11.6 Å². The first-order valence-corrected chi connectivity index (χ1v) is 6.90. The first-order valence-electron chi connectivity index (χ1n) is 6.90. The Kier molecular flexibility index (Phi) is 5.95. The van der Waals surface area contributed by atoms with Crippen LogP contribution in [0.15, 0.2) is 12.3 Å². The van der Waals surface area contributed by atoms with Crippen molar-refractivity contribution < 1.29 is 9.90 Å². The van der Waals surface area contributed by atoms with Crippen molar-refractivity contribution in [1.82, 2.24) is 9.88 Å². The van der Waals surface area contributed by atoms with Crippen molar-refractivity contribution in [3.63, 3.8) is 0 Å². The molecule has 1 aromatic heterocycles. The number of hydrogen-bond donors (Lipinski definition) is 2. The highest BCUT2D eigenvalue weighted by molar-refractivity contribution is 5.93. The van der Waals surface area contributed by atoms with E-state index in [1.54, 1.807) is 6.07 Å². The highest BCUT2D eigenvalue weighted by Crippen LogP contribution is 2.19. The Bertz CT molecular complexity index is 448. The lowest BCUT2D eigenvalue weighted by molar-refractivity contribution is 0.0697. The second-order valence-corrected chi connectivity index (χ2v) is 5.91. The first-order chi connectivity index (χ1) is 9.29. The Hall–Kier alpha value is -1.62. The molecule has 5 nitrogen and oxygen atoms in total. The highest BCUT2D eigenvalue weighted by Gasteiger charge is 2.17. The molecule has 0 aliphatic carbocycles. The van der Waals surface area contributed by atoms with Gasteiger partial charge in [-0.05, 0) is 39.4 Å². The van der Waals surface area contributed by atoms with Gasteiger partial charge in [0, 0.05) is 24.5 Å². The van der Waals surface area contributed by atoms with Crippen LogP contribution in [0.3, 0.4) is 0 Å². The van der Waals surface area contributed by atoms with Crippen LogP contribution in [-0.2, 0) is 0 Å². The van der Waals surface area contributed by atoms with E-state index in [1.165, 1.54) is 6.20 Å². The maximum Gasteiger partial charge on any atom is 0.339 e. The maximum absolute atomic E-state index is 11.3. The molecule has 5 heteroatoms. The summed E-state index contributed by atoms with van der Waals surface area (Å²) in [5.41, 5.74) is 1.69. The van der Waals surface area contributed by atoms with E-state index >= 15 is 0 Å². The molecule has 0 saturated heterocycles. The summed E-state index contributed by atoms with van der Waals surface area (Å²) in [6, 6.07) is 2.01. The molecule has 0 aliphatic heterocycles. The third-order valence-corrected chi connectivity index (χ3v) is 2.97. The molecule has 2 N–H and O–H groups in total. The lowest BCUT2D eigenvalue weighted by Crippen LogP contribution is -2.34. The number of aryl methyl sites for hydroxylation is 1. The molecule has 20 heavy (non-hydrogen) atoms. The summed E-state index contributed by atoms with van der Waals surface area (Å²) in [5.74, 6) is -0.406. The van der Waals surface area contributed by atoms with Crippen molar-refractivity contribution in [2.75, 3.05) is 26.0 Å². The van der Waals surface area contributed by atoms with Gasteiger partial charge in [-0.25, -0.2) is 4.79 Å². The van der Waals surface area contributed by atoms with Gasteiger partial charge in [0.1, 0.15) is 5.56 Å². The molecule has 0 bridgehead atoms. The van der Waals surface area contributed by atoms with Crippen LogP contribution >= 0.6 is 0 Å². The molecule has 0 amide bonds. The third kappa shape index (κ3) is 5.17. The zero-order valence-corrected chi connectivity index (χ0v) is 13.0. The quantitative estimate of drug-likeness (QED) is 0.802. The smallest absolute Gasteiger partial charge is 0.339 e. The van der Waals surface area contributed by atoms with Crippen molar-refractivity contribution in [3.05, 3.63) is 23.5 Å². The van der Waals surface area contributed by atoms with E-state index in [0.717, 1.165) is 18.7 Å². The van der Waals surface area contributed by atoms with Gasteiger partial charge in [0.25, 0.3) is 0 Å². The topological polar surface area (TPSA) is 65.5 Å². The summed E-state index contributed by atoms with van der Waals surface area (Å²) in [5, 5.41) is 12.6. The van der Waals surface area contributed by atoms with Crippen molar-refractivity contribution in [2.45, 2.75) is 33.2 Å². The van der Waals surface area contributed by atoms with Crippen LogP contribution in [0.1, 0.15) is 36.3 Å². The fourth-order valence-corrected chi connectivity index (χ4v) is 2.26. The largest absolute Gasteiger partial charge is 0.478 e. The normalized spacial score (nSPS) is 12.8. The standard InChI is InChI=1S/C15H25N3O2/c1-10(2)6-12(9-18(4)5)17-14-7-11(3)16-8-13(14)15(19)20/h7-8,10,12H,6,9H2,1-5H3,(H,16,17)(H,19,20). The van der Waals surface area contributed by atoms with Crippen LogP contribution < -0.4 is 5.32 Å². The Morgan fingerprint density at radius 3 is 2.60 bits per heavy atom. The number of carboxylic acids is 1. The Balaban J connectivity index is 2.96. The molecule has 112 valence electrons. The van der Waals surface area contributed by atoms with Gasteiger partial charge < -0.3 is 15.3 Å². The van der Waals surface area contributed by atoms with Crippen molar-refractivity contribution in [1.29, 1.82) is 0 Å². The zero-order chi connectivity index (χ0) is 15.3. The van der Waals surface area contributed by atoms with E-state index in [1.807, 2.05) is 21.0 Å². The molecular formula is C15H25N3O2. The zero-order valence-electron chi connectivity index (χ0n) is 13.0. The average molecular weight is 279 g/mol. The molecule has 0 aliphatic rings. The van der Waals surface area contributed by atoms with E-state index < -0.39 is 5.97 Å². The molecule has 1 atom stereocenters. The average Bonchev–Trinajstić information content (AvgIpc) is 2.26. The summed E-state index contributed by atoms with van der Waals surface area (Å²) in [6.45, 7) is 7.05. The lowest BCUT2D eigenvalue weighted by Gasteiger charge is -2.25. The summed E-state index contributed by atoms with van der Waals surface area (Å²) in [6.07, 6.45) is 2.40. The molecule has 1 rings (SSSR count). The number of aromatic carboxylic acids is 1. The number of rotatable bonds is 7. The number of pyridine rings is 1. The van der Waals surface area contributed by atoms with Crippen LogP contribution in [0, 0.1) is 12.8 Å². The number of hydrogen-bond acceptors (Lipinski definition) is 4. The Labute approximate surface area is 121 Å². The number of carboxylic acid groups (broad SMARTS) is 1. The summed E-state index contributed by atoms with van der Waals surface area (Å²) >= 11 is 0. The van der Waals surface area contributed by atoms with Crippen LogP contribution in [0.5, 0.6) is 0 Å². The Morgan fingerprint density at radius 1 is 1.45 bits per heavy atom. The number of nitrogens with one attached hydrogen (secondary N) is 1. The second-order valence-electron chi connectivity index (χ2n) is 5.91. The number of carbonyl (C=O) groups is 1. The van der Waals surface area contributed by atoms with Crippen LogP contribution in [0.25, 0.3) is 0 Å². The predicted octanol–water partition coefficient (Wildman–Crippen LogP) is 2.48. The molecule has 0 radical (unpaired) electrons. The summed E-state index contributed by atoms with van der Waals surface area (Å²) in [7, 11) is 4.04. The van der Waals surface area contributed by atoms with E-state index in [2.05, 4.69) is 29.0 Å². The molecule has 0 fully saturated rings. The minimum absolute atomic E-state index is 0.213. The molecular weight excluding hydrogens is 254 g/mol. The first kappa shape index (κ1) is 16.4. The van der Waals surface area contributed by atoms with Gasteiger partial charge in [0.05, 0.1) is 5.69 Å². The van der Waals surface area contributed by atoms with Crippen LogP contribution in [0.2, 0.25) is 0 Å². The third-order valence-electron chi connectivity index (χ3n) is 2.97. The van der Waals surface area contributed by atoms with E-state index in [4.69, 9.17) is 0 Å². The molecule has 0 spiro atoms. The van der Waals surface area contributed by atoms with Gasteiger partial charge in [-0.2, -0.15) is 0 Å². The summed E-state index contributed by atoms with van der Waals surface area (Å²) in [4.78, 5) is 17.4. The number of aromatic nitrogens is 1. The molecule has 0 saturated carbocycles. The molecule has 0 aromatic carbocycles. The van der Waals surface area contributed by atoms with Gasteiger partial charge >= 0.3 is 5.97 Å². The lowest BCUT2D eigenvalue weighted by atomic mass is 10.0. The van der Waals surface area contributed by atoms with E-state index in [9.17, 15) is 9.90 Å². The molecule has 1 unspecified atom stereocenters. The van der Waals surface area contributed by atoms with Crippen LogP contribution in [-0.4, -0.2) is 47.6 Å². The second kappa shape index (κ2) is 7.24. The minimum atomic E-state index is -0.951. The SMILES string of the molecule is Cc1cc(NC(CC(C)C)CN(C)C)c(C(=O)O)cn1. The fraction of sp³-hybridized carbons (Fsp3) is 0.600. The predicted molar refractivity (Wildman–Crippen MR) is 81.4 cm³/mol. The minimum Gasteiger partial charge on any atom is -0.478 e. The highest BCUT2D eigenvalue weighted by atomic mass is 16.4. The molecule has 1 aromatic rings. The Morgan fingerprint density at radius 2 is 2.10 bits per heavy atom. The summed E-state index contributed by atoms with van der Waals surface area (Å²) < 4.78 is 0. The van der Waals surface area contributed by atoms with Gasteiger partial charge in [-0.3, -0.25) is 4.98 Å². The maximum atomic E-state index is 11.3. The van der Waals surface area contributed by atoms with Gasteiger partial charge in [0.2, 0.25) is 0 Å². The van der Waals surface area contributed by atoms with Crippen molar-refractivity contribution >= 4 is 11.7 Å². The number of anilines is 1. The fourth-order valence-electron chi connectivity index (χ4n) is 2.26. The van der Waals surface area contributed by atoms with Crippen LogP contribution in [0.4, 0.5) is 5.69 Å². The van der Waals surface area contributed by atoms with Gasteiger partial charge in [0.15, 0.2) is 0 Å². The van der Waals surface area contributed by atoms with Crippen molar-refractivity contribution in [3.8, 4) is 0 Å². The van der Waals surface area contributed by atoms with Gasteiger partial charge in [-0.15, -0.1) is 0 Å².